The van der Waals surface area contributed by atoms with Crippen LogP contribution in [0.15, 0.2) is 35.8 Å². The Hall–Kier alpha value is -1.46. The van der Waals surface area contributed by atoms with Gasteiger partial charge in [0, 0.05) is 43.4 Å². The van der Waals surface area contributed by atoms with Gasteiger partial charge in [0.1, 0.15) is 10.8 Å². The average Bonchev–Trinajstić information content (AvgIpc) is 2.94. The third kappa shape index (κ3) is 3.11. The van der Waals surface area contributed by atoms with E-state index in [2.05, 4.69) is 14.8 Å². The summed E-state index contributed by atoms with van der Waals surface area (Å²) < 4.78 is 12.9. The maximum atomic E-state index is 12.9. The number of piperazine rings is 1. The summed E-state index contributed by atoms with van der Waals surface area (Å²) in [5.74, 6) is -0.175. The molecule has 19 heavy (non-hydrogen) atoms. The van der Waals surface area contributed by atoms with Gasteiger partial charge in [-0.3, -0.25) is 4.90 Å². The highest BCUT2D eigenvalue weighted by molar-refractivity contribution is 7.09. The summed E-state index contributed by atoms with van der Waals surface area (Å²) in [6.07, 6.45) is 1.86. The van der Waals surface area contributed by atoms with Crippen LogP contribution >= 0.6 is 11.3 Å². The lowest BCUT2D eigenvalue weighted by molar-refractivity contribution is 0.249. The van der Waals surface area contributed by atoms with Gasteiger partial charge in [-0.2, -0.15) is 0 Å². The number of rotatable bonds is 3. The van der Waals surface area contributed by atoms with Crippen LogP contribution in [0.25, 0.3) is 0 Å². The van der Waals surface area contributed by atoms with Gasteiger partial charge in [-0.1, -0.05) is 0 Å². The van der Waals surface area contributed by atoms with Gasteiger partial charge >= 0.3 is 0 Å². The lowest BCUT2D eigenvalue weighted by atomic mass is 10.2. The van der Waals surface area contributed by atoms with Gasteiger partial charge in [0.15, 0.2) is 0 Å². The van der Waals surface area contributed by atoms with Crippen LogP contribution in [0.4, 0.5) is 10.1 Å². The van der Waals surface area contributed by atoms with Crippen molar-refractivity contribution in [2.45, 2.75) is 6.54 Å². The van der Waals surface area contributed by atoms with E-state index >= 15 is 0 Å². The molecule has 1 aromatic heterocycles. The zero-order chi connectivity index (χ0) is 13.1. The lowest BCUT2D eigenvalue weighted by Gasteiger charge is -2.35. The molecule has 5 heteroatoms. The van der Waals surface area contributed by atoms with Crippen molar-refractivity contribution in [3.05, 3.63) is 46.7 Å². The molecular formula is C14H16FN3S. The van der Waals surface area contributed by atoms with Crippen molar-refractivity contribution in [2.75, 3.05) is 31.1 Å². The molecule has 1 aromatic carbocycles. The van der Waals surface area contributed by atoms with E-state index in [1.165, 1.54) is 17.1 Å². The Kier molecular flexibility index (Phi) is 3.75. The fraction of sp³-hybridized carbons (Fsp3) is 0.357. The summed E-state index contributed by atoms with van der Waals surface area (Å²) in [7, 11) is 0. The van der Waals surface area contributed by atoms with E-state index in [1.807, 2.05) is 23.7 Å². The van der Waals surface area contributed by atoms with Crippen LogP contribution in [-0.2, 0) is 6.54 Å². The Morgan fingerprint density at radius 2 is 1.84 bits per heavy atom. The number of hydrogen-bond donors (Lipinski definition) is 0. The monoisotopic (exact) mass is 277 g/mol. The predicted octanol–water partition coefficient (Wildman–Crippen LogP) is 2.60. The van der Waals surface area contributed by atoms with Gasteiger partial charge in [0.05, 0.1) is 6.54 Å². The zero-order valence-electron chi connectivity index (χ0n) is 10.6. The molecule has 0 unspecified atom stereocenters. The fourth-order valence-corrected chi connectivity index (χ4v) is 3.00. The smallest absolute Gasteiger partial charge is 0.123 e. The molecular weight excluding hydrogens is 261 g/mol. The quantitative estimate of drug-likeness (QED) is 0.859. The number of halogens is 1. The van der Waals surface area contributed by atoms with E-state index in [-0.39, 0.29) is 5.82 Å². The van der Waals surface area contributed by atoms with Crippen molar-refractivity contribution >= 4 is 17.0 Å². The first-order valence-electron chi connectivity index (χ1n) is 6.42. The number of benzene rings is 1. The van der Waals surface area contributed by atoms with Crippen molar-refractivity contribution in [3.63, 3.8) is 0 Å². The number of hydrogen-bond acceptors (Lipinski definition) is 4. The third-order valence-electron chi connectivity index (χ3n) is 3.41. The van der Waals surface area contributed by atoms with Gasteiger partial charge in [-0.15, -0.1) is 11.3 Å². The van der Waals surface area contributed by atoms with Gasteiger partial charge < -0.3 is 4.90 Å². The molecule has 1 saturated heterocycles. The van der Waals surface area contributed by atoms with E-state index in [9.17, 15) is 4.39 Å². The zero-order valence-corrected chi connectivity index (χ0v) is 11.4. The molecule has 100 valence electrons. The highest BCUT2D eigenvalue weighted by Crippen LogP contribution is 2.18. The Bertz CT molecular complexity index is 504. The first-order chi connectivity index (χ1) is 9.31. The largest absolute Gasteiger partial charge is 0.369 e. The maximum absolute atomic E-state index is 12.9. The predicted molar refractivity (Wildman–Crippen MR) is 76.0 cm³/mol. The van der Waals surface area contributed by atoms with Crippen molar-refractivity contribution in [1.82, 2.24) is 9.88 Å². The molecule has 1 fully saturated rings. The van der Waals surface area contributed by atoms with Gasteiger partial charge in [0.25, 0.3) is 0 Å². The Morgan fingerprint density at radius 3 is 2.47 bits per heavy atom. The van der Waals surface area contributed by atoms with E-state index in [0.717, 1.165) is 38.4 Å². The molecule has 1 aliphatic heterocycles. The number of nitrogens with zero attached hydrogens (tertiary/aromatic N) is 3. The minimum absolute atomic E-state index is 0.175. The first-order valence-corrected chi connectivity index (χ1v) is 7.30. The van der Waals surface area contributed by atoms with Gasteiger partial charge in [-0.25, -0.2) is 9.37 Å². The van der Waals surface area contributed by atoms with Crippen molar-refractivity contribution in [3.8, 4) is 0 Å². The van der Waals surface area contributed by atoms with Crippen LogP contribution < -0.4 is 4.90 Å². The Labute approximate surface area is 116 Å². The number of aromatic nitrogens is 1. The normalized spacial score (nSPS) is 16.8. The molecule has 2 heterocycles. The molecule has 0 atom stereocenters. The molecule has 0 saturated carbocycles. The second-order valence-corrected chi connectivity index (χ2v) is 5.64. The van der Waals surface area contributed by atoms with E-state index < -0.39 is 0 Å². The summed E-state index contributed by atoms with van der Waals surface area (Å²) in [4.78, 5) is 9.04. The maximum Gasteiger partial charge on any atom is 0.123 e. The van der Waals surface area contributed by atoms with E-state index in [1.54, 1.807) is 11.3 Å². The Balaban J connectivity index is 1.56. The van der Waals surface area contributed by atoms with Crippen molar-refractivity contribution < 1.29 is 4.39 Å². The van der Waals surface area contributed by atoms with Crippen molar-refractivity contribution in [1.29, 1.82) is 0 Å². The van der Waals surface area contributed by atoms with Crippen LogP contribution in [0.2, 0.25) is 0 Å². The molecule has 0 amide bonds. The topological polar surface area (TPSA) is 19.4 Å². The van der Waals surface area contributed by atoms with Crippen LogP contribution in [-0.4, -0.2) is 36.1 Å². The number of thiazole rings is 1. The summed E-state index contributed by atoms with van der Waals surface area (Å²) in [5, 5.41) is 3.19. The summed E-state index contributed by atoms with van der Waals surface area (Å²) in [6, 6.07) is 6.76. The van der Waals surface area contributed by atoms with E-state index in [4.69, 9.17) is 0 Å². The molecule has 0 bridgehead atoms. The second kappa shape index (κ2) is 5.67. The van der Waals surface area contributed by atoms with Crippen LogP contribution in [0.5, 0.6) is 0 Å². The SMILES string of the molecule is Fc1ccc(N2CCN(Cc3nccs3)CC2)cc1. The summed E-state index contributed by atoms with van der Waals surface area (Å²) in [6.45, 7) is 4.96. The highest BCUT2D eigenvalue weighted by atomic mass is 32.1. The van der Waals surface area contributed by atoms with Crippen LogP contribution in [0, 0.1) is 5.82 Å². The fourth-order valence-electron chi connectivity index (χ4n) is 2.34. The van der Waals surface area contributed by atoms with Crippen molar-refractivity contribution in [2.24, 2.45) is 0 Å². The molecule has 3 nitrogen and oxygen atoms in total. The average molecular weight is 277 g/mol. The molecule has 2 aromatic rings. The Morgan fingerprint density at radius 1 is 1.11 bits per heavy atom. The third-order valence-corrected chi connectivity index (χ3v) is 4.17. The molecule has 1 aliphatic rings. The standard InChI is InChI=1S/C14H16FN3S/c15-12-1-3-13(4-2-12)18-8-6-17(7-9-18)11-14-16-5-10-19-14/h1-5,10H,6-9,11H2. The molecule has 0 aliphatic carbocycles. The molecule has 0 spiro atoms. The highest BCUT2D eigenvalue weighted by Gasteiger charge is 2.17. The summed E-state index contributed by atoms with van der Waals surface area (Å²) >= 11 is 1.71. The molecule has 3 rings (SSSR count). The van der Waals surface area contributed by atoms with Crippen LogP contribution in [0.1, 0.15) is 5.01 Å². The number of anilines is 1. The first kappa shape index (κ1) is 12.6. The summed E-state index contributed by atoms with van der Waals surface area (Å²) in [5.41, 5.74) is 1.11. The molecule has 0 radical (unpaired) electrons. The van der Waals surface area contributed by atoms with Gasteiger partial charge in [-0.05, 0) is 24.3 Å². The minimum Gasteiger partial charge on any atom is -0.369 e. The van der Waals surface area contributed by atoms with Crippen LogP contribution in [0.3, 0.4) is 0 Å². The van der Waals surface area contributed by atoms with Gasteiger partial charge in [0.2, 0.25) is 0 Å². The molecule has 0 N–H and O–H groups in total. The minimum atomic E-state index is -0.175. The van der Waals surface area contributed by atoms with E-state index in [0.29, 0.717) is 0 Å². The lowest BCUT2D eigenvalue weighted by Crippen LogP contribution is -2.45. The second-order valence-electron chi connectivity index (χ2n) is 4.67.